The van der Waals surface area contributed by atoms with E-state index in [0.717, 1.165) is 37.9 Å². The Morgan fingerprint density at radius 1 is 1.38 bits per heavy atom. The van der Waals surface area contributed by atoms with Crippen LogP contribution < -0.4 is 15.4 Å². The van der Waals surface area contributed by atoms with Gasteiger partial charge in [-0.05, 0) is 38.1 Å². The summed E-state index contributed by atoms with van der Waals surface area (Å²) >= 11 is 0. The Morgan fingerprint density at radius 3 is 2.76 bits per heavy atom. The Labute approximate surface area is 126 Å². The molecule has 0 saturated carbocycles. The third-order valence-corrected chi connectivity index (χ3v) is 5.39. The number of nitrogens with one attached hydrogen (secondary N) is 1. The second-order valence-corrected chi connectivity index (χ2v) is 7.19. The summed E-state index contributed by atoms with van der Waals surface area (Å²) < 4.78 is 25.9. The molecule has 1 heterocycles. The highest BCUT2D eigenvalue weighted by Gasteiger charge is 2.23. The van der Waals surface area contributed by atoms with Crippen molar-refractivity contribution in [3.63, 3.8) is 0 Å². The van der Waals surface area contributed by atoms with E-state index >= 15 is 0 Å². The number of benzene rings is 1. The Balaban J connectivity index is 2.35. The molecule has 0 aromatic heterocycles. The molecular formula is C14H23N3O3S. The first-order valence-corrected chi connectivity index (χ1v) is 8.68. The number of nitrogens with two attached hydrogens (primary N) is 1. The number of aliphatic hydroxyl groups excluding tert-OH is 1. The third-order valence-electron chi connectivity index (χ3n) is 3.98. The highest BCUT2D eigenvalue weighted by atomic mass is 32.2. The van der Waals surface area contributed by atoms with Crippen molar-refractivity contribution in [2.45, 2.75) is 36.6 Å². The van der Waals surface area contributed by atoms with Crippen LogP contribution in [0.15, 0.2) is 23.1 Å². The number of hydrogen-bond acceptors (Lipinski definition) is 5. The van der Waals surface area contributed by atoms with Crippen LogP contribution in [-0.2, 0) is 10.0 Å². The van der Waals surface area contributed by atoms with E-state index in [-0.39, 0.29) is 17.5 Å². The van der Waals surface area contributed by atoms with Crippen molar-refractivity contribution >= 4 is 21.4 Å². The number of anilines is 2. The first kappa shape index (κ1) is 16.1. The van der Waals surface area contributed by atoms with Gasteiger partial charge in [-0.1, -0.05) is 12.8 Å². The van der Waals surface area contributed by atoms with Gasteiger partial charge in [-0.25, -0.2) is 13.1 Å². The summed E-state index contributed by atoms with van der Waals surface area (Å²) in [4.78, 5) is 2.25. The molecule has 4 N–H and O–H groups in total. The van der Waals surface area contributed by atoms with Crippen LogP contribution in [0.1, 0.15) is 25.7 Å². The van der Waals surface area contributed by atoms with Crippen LogP contribution in [0.5, 0.6) is 0 Å². The summed E-state index contributed by atoms with van der Waals surface area (Å²) in [6.45, 7) is 0.906. The van der Waals surface area contributed by atoms with Gasteiger partial charge in [0, 0.05) is 6.54 Å². The molecular weight excluding hydrogens is 290 g/mol. The van der Waals surface area contributed by atoms with E-state index < -0.39 is 10.0 Å². The predicted molar refractivity (Wildman–Crippen MR) is 83.8 cm³/mol. The van der Waals surface area contributed by atoms with Gasteiger partial charge in [0.1, 0.15) is 0 Å². The second kappa shape index (κ2) is 6.64. The molecule has 1 aliphatic rings. The lowest BCUT2D eigenvalue weighted by Gasteiger charge is -2.32. The molecule has 1 unspecified atom stereocenters. The minimum atomic E-state index is -3.49. The van der Waals surface area contributed by atoms with E-state index in [1.807, 2.05) is 0 Å². The molecule has 1 fully saturated rings. The fraction of sp³-hybridized carbons (Fsp3) is 0.571. The normalized spacial score (nSPS) is 20.3. The molecule has 2 rings (SSSR count). The average molecular weight is 313 g/mol. The van der Waals surface area contributed by atoms with Gasteiger partial charge >= 0.3 is 0 Å². The molecule has 0 amide bonds. The molecule has 0 bridgehead atoms. The molecule has 1 atom stereocenters. The maximum absolute atomic E-state index is 11.8. The van der Waals surface area contributed by atoms with Gasteiger partial charge in [0.25, 0.3) is 0 Å². The standard InChI is InChI=1S/C14H23N3O3S/c1-16-21(19,20)12-6-7-14(13(15)9-12)17-8-4-2-3-5-11(17)10-18/h6-7,9,11,16,18H,2-5,8,10,15H2,1H3. The number of hydrogen-bond donors (Lipinski definition) is 3. The molecule has 1 aromatic carbocycles. The summed E-state index contributed by atoms with van der Waals surface area (Å²) in [7, 11) is -2.12. The minimum Gasteiger partial charge on any atom is -0.397 e. The van der Waals surface area contributed by atoms with Crippen LogP contribution in [0.3, 0.4) is 0 Å². The van der Waals surface area contributed by atoms with Gasteiger partial charge < -0.3 is 15.7 Å². The first-order chi connectivity index (χ1) is 9.99. The van der Waals surface area contributed by atoms with Gasteiger partial charge in [0.2, 0.25) is 10.0 Å². The van der Waals surface area contributed by atoms with Crippen molar-refractivity contribution in [2.75, 3.05) is 30.8 Å². The largest absolute Gasteiger partial charge is 0.397 e. The van der Waals surface area contributed by atoms with Crippen molar-refractivity contribution < 1.29 is 13.5 Å². The van der Waals surface area contributed by atoms with E-state index in [1.165, 1.54) is 13.1 Å². The highest BCUT2D eigenvalue weighted by molar-refractivity contribution is 7.89. The number of sulfonamides is 1. The number of nitrogen functional groups attached to an aromatic ring is 1. The predicted octanol–water partition coefficient (Wildman–Crippen LogP) is 0.918. The summed E-state index contributed by atoms with van der Waals surface area (Å²) in [6, 6.07) is 4.80. The average Bonchev–Trinajstić information content (AvgIpc) is 2.72. The number of aliphatic hydroxyl groups is 1. The Bertz CT molecular complexity index is 589. The quantitative estimate of drug-likeness (QED) is 0.718. The van der Waals surface area contributed by atoms with Gasteiger partial charge in [-0.3, -0.25) is 0 Å². The third kappa shape index (κ3) is 3.48. The molecule has 1 saturated heterocycles. The van der Waals surface area contributed by atoms with Crippen molar-refractivity contribution in [1.29, 1.82) is 0 Å². The molecule has 0 radical (unpaired) electrons. The van der Waals surface area contributed by atoms with Crippen LogP contribution in [-0.4, -0.2) is 39.8 Å². The monoisotopic (exact) mass is 313 g/mol. The minimum absolute atomic E-state index is 0.0431. The Morgan fingerprint density at radius 2 is 2.14 bits per heavy atom. The van der Waals surface area contributed by atoms with E-state index in [9.17, 15) is 13.5 Å². The van der Waals surface area contributed by atoms with E-state index in [2.05, 4.69) is 9.62 Å². The molecule has 7 heteroatoms. The van der Waals surface area contributed by atoms with Crippen molar-refractivity contribution in [3.8, 4) is 0 Å². The van der Waals surface area contributed by atoms with Crippen molar-refractivity contribution in [3.05, 3.63) is 18.2 Å². The fourth-order valence-electron chi connectivity index (χ4n) is 2.76. The van der Waals surface area contributed by atoms with Crippen LogP contribution in [0.25, 0.3) is 0 Å². The Hall–Kier alpha value is -1.31. The topological polar surface area (TPSA) is 95.7 Å². The van der Waals surface area contributed by atoms with Crippen molar-refractivity contribution in [1.82, 2.24) is 4.72 Å². The lowest BCUT2D eigenvalue weighted by molar-refractivity contribution is 0.255. The molecule has 21 heavy (non-hydrogen) atoms. The van der Waals surface area contributed by atoms with Gasteiger partial charge in [-0.2, -0.15) is 0 Å². The van der Waals surface area contributed by atoms with E-state index in [0.29, 0.717) is 5.69 Å². The van der Waals surface area contributed by atoms with E-state index in [4.69, 9.17) is 5.73 Å². The van der Waals surface area contributed by atoms with Crippen LogP contribution >= 0.6 is 0 Å². The summed E-state index contributed by atoms with van der Waals surface area (Å²) in [5, 5.41) is 9.57. The van der Waals surface area contributed by atoms with E-state index in [1.54, 1.807) is 12.1 Å². The number of nitrogens with zero attached hydrogens (tertiary/aromatic N) is 1. The zero-order valence-electron chi connectivity index (χ0n) is 12.2. The van der Waals surface area contributed by atoms with Gasteiger partial charge in [-0.15, -0.1) is 0 Å². The van der Waals surface area contributed by atoms with Gasteiger partial charge in [0.05, 0.1) is 28.9 Å². The van der Waals surface area contributed by atoms with Crippen LogP contribution in [0.4, 0.5) is 11.4 Å². The lowest BCUT2D eigenvalue weighted by atomic mass is 10.1. The zero-order valence-corrected chi connectivity index (χ0v) is 13.1. The smallest absolute Gasteiger partial charge is 0.240 e. The molecule has 1 aromatic rings. The highest BCUT2D eigenvalue weighted by Crippen LogP contribution is 2.30. The molecule has 0 spiro atoms. The van der Waals surface area contributed by atoms with Crippen LogP contribution in [0, 0.1) is 0 Å². The van der Waals surface area contributed by atoms with Crippen LogP contribution in [0.2, 0.25) is 0 Å². The summed E-state index contributed by atoms with van der Waals surface area (Å²) in [5.41, 5.74) is 7.28. The zero-order chi connectivity index (χ0) is 15.5. The molecule has 0 aliphatic carbocycles. The Kier molecular flexibility index (Phi) is 5.08. The van der Waals surface area contributed by atoms with Gasteiger partial charge in [0.15, 0.2) is 0 Å². The van der Waals surface area contributed by atoms with Crippen molar-refractivity contribution in [2.24, 2.45) is 0 Å². The molecule has 6 nitrogen and oxygen atoms in total. The lowest BCUT2D eigenvalue weighted by Crippen LogP contribution is -2.38. The summed E-state index contributed by atoms with van der Waals surface area (Å²) in [5.74, 6) is 0. The molecule has 1 aliphatic heterocycles. The second-order valence-electron chi connectivity index (χ2n) is 5.31. The fourth-order valence-corrected chi connectivity index (χ4v) is 3.53. The number of rotatable bonds is 4. The first-order valence-electron chi connectivity index (χ1n) is 7.20. The molecule has 118 valence electrons. The maximum Gasteiger partial charge on any atom is 0.240 e. The SMILES string of the molecule is CNS(=O)(=O)c1ccc(N2CCCCCC2CO)c(N)c1. The summed E-state index contributed by atoms with van der Waals surface area (Å²) in [6.07, 6.45) is 4.20. The maximum atomic E-state index is 11.8.